The Morgan fingerprint density at radius 2 is 1.73 bits per heavy atom. The van der Waals surface area contributed by atoms with Gasteiger partial charge < -0.3 is 14.4 Å². The molecule has 4 nitrogen and oxygen atoms in total. The molecule has 0 spiro atoms. The van der Waals surface area contributed by atoms with Crippen LogP contribution in [0.15, 0.2) is 11.6 Å². The van der Waals surface area contributed by atoms with Crippen LogP contribution in [-0.2, 0) is 14.3 Å². The Labute approximate surface area is 279 Å². The van der Waals surface area contributed by atoms with Crippen molar-refractivity contribution in [2.75, 3.05) is 27.2 Å². The highest BCUT2D eigenvalue weighted by atomic mass is 16.5. The van der Waals surface area contributed by atoms with Gasteiger partial charge in [0, 0.05) is 13.0 Å². The number of hydrogen-bond donors (Lipinski definition) is 0. The van der Waals surface area contributed by atoms with Gasteiger partial charge in [-0.15, -0.1) is 0 Å². The summed E-state index contributed by atoms with van der Waals surface area (Å²) in [7, 11) is 4.09. The summed E-state index contributed by atoms with van der Waals surface area (Å²) >= 11 is 0. The van der Waals surface area contributed by atoms with E-state index < -0.39 is 0 Å². The van der Waals surface area contributed by atoms with Crippen LogP contribution in [0.2, 0.25) is 0 Å². The van der Waals surface area contributed by atoms with Crippen molar-refractivity contribution in [2.24, 2.45) is 46.3 Å². The molecule has 0 aromatic heterocycles. The summed E-state index contributed by atoms with van der Waals surface area (Å²) in [6.45, 7) is 16.7. The van der Waals surface area contributed by atoms with Gasteiger partial charge in [-0.05, 0) is 150 Å². The van der Waals surface area contributed by atoms with E-state index in [1.165, 1.54) is 70.6 Å². The predicted octanol–water partition coefficient (Wildman–Crippen LogP) is 10.6. The molecule has 0 bridgehead atoms. The monoisotopic (exact) mass is 628 g/mol. The smallest absolute Gasteiger partial charge is 0.306 e. The van der Waals surface area contributed by atoms with Crippen LogP contribution in [0.4, 0.5) is 0 Å². The molecule has 0 N–H and O–H groups in total. The van der Waals surface area contributed by atoms with Crippen molar-refractivity contribution >= 4 is 5.97 Å². The zero-order chi connectivity index (χ0) is 32.6. The topological polar surface area (TPSA) is 38.8 Å². The van der Waals surface area contributed by atoms with Crippen molar-refractivity contribution in [3.8, 4) is 0 Å². The summed E-state index contributed by atoms with van der Waals surface area (Å²) in [5.41, 5.74) is 2.73. The molecule has 260 valence electrons. The number of allylic oxidation sites excluding steroid dienone is 1. The first-order valence-electron chi connectivity index (χ1n) is 19.6. The summed E-state index contributed by atoms with van der Waals surface area (Å²) in [6, 6.07) is 0. The summed E-state index contributed by atoms with van der Waals surface area (Å²) in [5, 5.41) is 0. The van der Waals surface area contributed by atoms with Gasteiger partial charge in [-0.3, -0.25) is 4.79 Å². The maximum Gasteiger partial charge on any atom is 0.306 e. The van der Waals surface area contributed by atoms with E-state index in [4.69, 9.17) is 9.47 Å². The lowest BCUT2D eigenvalue weighted by Crippen LogP contribution is -2.51. The van der Waals surface area contributed by atoms with Crippen LogP contribution in [0.1, 0.15) is 157 Å². The molecule has 0 amide bonds. The number of hydrogen-bond acceptors (Lipinski definition) is 4. The average molecular weight is 628 g/mol. The minimum Gasteiger partial charge on any atom is -0.462 e. The highest BCUT2D eigenvalue weighted by Gasteiger charge is 2.59. The van der Waals surface area contributed by atoms with Crippen LogP contribution < -0.4 is 0 Å². The molecule has 45 heavy (non-hydrogen) atoms. The fourth-order valence-electron chi connectivity index (χ4n) is 10.8. The number of carbonyl (C=O) groups excluding carboxylic acids is 1. The minimum atomic E-state index is -0.0310. The molecule has 4 unspecified atom stereocenters. The van der Waals surface area contributed by atoms with E-state index in [1.807, 2.05) is 14.1 Å². The molecule has 0 aromatic carbocycles. The van der Waals surface area contributed by atoms with E-state index in [-0.39, 0.29) is 12.1 Å². The lowest BCUT2D eigenvalue weighted by molar-refractivity contribution is -0.149. The first-order chi connectivity index (χ1) is 21.5. The maximum atomic E-state index is 12.2. The molecule has 0 aromatic rings. The van der Waals surface area contributed by atoms with Crippen LogP contribution in [0, 0.1) is 46.3 Å². The van der Waals surface area contributed by atoms with Gasteiger partial charge in [-0.25, -0.2) is 0 Å². The van der Waals surface area contributed by atoms with Gasteiger partial charge in [-0.1, -0.05) is 78.9 Å². The lowest BCUT2D eigenvalue weighted by atomic mass is 9.47. The lowest BCUT2D eigenvalue weighted by Gasteiger charge is -2.58. The quantitative estimate of drug-likeness (QED) is 0.0861. The number of unbranched alkanes of at least 4 members (excludes halogenated alkanes) is 2. The van der Waals surface area contributed by atoms with Gasteiger partial charge >= 0.3 is 5.97 Å². The molecule has 0 heterocycles. The maximum absolute atomic E-state index is 12.2. The molecular formula is C41H73NO3. The number of nitrogens with zero attached hydrogens (tertiary/aromatic N) is 1. The fraction of sp³-hybridized carbons (Fsp3) is 0.927. The third-order valence-electron chi connectivity index (χ3n) is 13.5. The van der Waals surface area contributed by atoms with Crippen LogP contribution >= 0.6 is 0 Å². The molecule has 0 aliphatic heterocycles. The van der Waals surface area contributed by atoms with Gasteiger partial charge in [0.05, 0.1) is 6.10 Å². The standard InChI is InChI=1S/C41H73NO3/c1-9-33(45-39(43)18-14-27-42(7)8)17-11-10-12-28-44-34-23-25-40(5)32(29-34)19-20-35-37-22-21-36(31(4)16-13-15-30(2)3)41(37,6)26-24-38(35)40/h19,30-31,33-38H,9-18,20-29H2,1-8H3/t31-,33?,34+,35?,36-,37?,38?,40+,41-/m1/s1. The summed E-state index contributed by atoms with van der Waals surface area (Å²) < 4.78 is 12.3. The Morgan fingerprint density at radius 3 is 2.47 bits per heavy atom. The van der Waals surface area contributed by atoms with E-state index in [2.05, 4.69) is 52.5 Å². The van der Waals surface area contributed by atoms with Crippen molar-refractivity contribution in [1.29, 1.82) is 0 Å². The molecule has 4 heteroatoms. The molecule has 9 atom stereocenters. The van der Waals surface area contributed by atoms with Crippen LogP contribution in [-0.4, -0.2) is 50.3 Å². The third-order valence-corrected chi connectivity index (χ3v) is 13.5. The van der Waals surface area contributed by atoms with E-state index in [0.29, 0.717) is 23.4 Å². The minimum absolute atomic E-state index is 0.0310. The molecule has 4 aliphatic carbocycles. The normalized spacial score (nSPS) is 34.2. The number of fused-ring (bicyclic) bond motifs is 5. The van der Waals surface area contributed by atoms with Crippen LogP contribution in [0.25, 0.3) is 0 Å². The zero-order valence-corrected chi connectivity index (χ0v) is 31.0. The second-order valence-electron chi connectivity index (χ2n) is 17.3. The summed E-state index contributed by atoms with van der Waals surface area (Å²) in [5.74, 6) is 5.39. The Balaban J connectivity index is 1.18. The predicted molar refractivity (Wildman–Crippen MR) is 189 cm³/mol. The summed E-state index contributed by atoms with van der Waals surface area (Å²) in [6.07, 6.45) is 25.1. The largest absolute Gasteiger partial charge is 0.462 e. The second kappa shape index (κ2) is 17.0. The van der Waals surface area contributed by atoms with E-state index in [1.54, 1.807) is 5.57 Å². The van der Waals surface area contributed by atoms with E-state index in [0.717, 1.165) is 87.2 Å². The van der Waals surface area contributed by atoms with Crippen molar-refractivity contribution in [2.45, 2.75) is 169 Å². The molecule has 3 fully saturated rings. The third kappa shape index (κ3) is 9.39. The SMILES string of the molecule is CCC(CCCCCO[C@H]1CC[C@@]2(C)C(=CCC3C2CC[C@@]2(C)C3CC[C@@H]2[C@H](C)CCCC(C)C)C1)OC(=O)CCCN(C)C. The molecule has 4 aliphatic rings. The van der Waals surface area contributed by atoms with E-state index >= 15 is 0 Å². The van der Waals surface area contributed by atoms with Gasteiger partial charge in [-0.2, -0.15) is 0 Å². The van der Waals surface area contributed by atoms with Gasteiger partial charge in [0.15, 0.2) is 0 Å². The van der Waals surface area contributed by atoms with Crippen molar-refractivity contribution < 1.29 is 14.3 Å². The molecule has 3 saturated carbocycles. The molecule has 4 rings (SSSR count). The number of esters is 1. The highest BCUT2D eigenvalue weighted by molar-refractivity contribution is 5.69. The second-order valence-corrected chi connectivity index (χ2v) is 17.3. The fourth-order valence-corrected chi connectivity index (χ4v) is 10.8. The first kappa shape index (κ1) is 37.0. The van der Waals surface area contributed by atoms with Crippen LogP contribution in [0.3, 0.4) is 0 Å². The Morgan fingerprint density at radius 1 is 0.933 bits per heavy atom. The van der Waals surface area contributed by atoms with Gasteiger partial charge in [0.25, 0.3) is 0 Å². The Kier molecular flexibility index (Phi) is 14.0. The number of rotatable bonds is 18. The molecule has 0 saturated heterocycles. The molecular weight excluding hydrogens is 554 g/mol. The Hall–Kier alpha value is -0.870. The summed E-state index contributed by atoms with van der Waals surface area (Å²) in [4.78, 5) is 14.3. The average Bonchev–Trinajstić information content (AvgIpc) is 3.35. The number of ether oxygens (including phenoxy) is 2. The zero-order valence-electron chi connectivity index (χ0n) is 31.0. The number of carbonyl (C=O) groups is 1. The highest BCUT2D eigenvalue weighted by Crippen LogP contribution is 2.67. The van der Waals surface area contributed by atoms with E-state index in [9.17, 15) is 4.79 Å². The molecule has 0 radical (unpaired) electrons. The van der Waals surface area contributed by atoms with Crippen molar-refractivity contribution in [1.82, 2.24) is 4.90 Å². The Bertz CT molecular complexity index is 943. The van der Waals surface area contributed by atoms with Crippen molar-refractivity contribution in [3.63, 3.8) is 0 Å². The van der Waals surface area contributed by atoms with Gasteiger partial charge in [0.2, 0.25) is 0 Å². The van der Waals surface area contributed by atoms with Gasteiger partial charge in [0.1, 0.15) is 6.10 Å². The van der Waals surface area contributed by atoms with Crippen molar-refractivity contribution in [3.05, 3.63) is 11.6 Å². The van der Waals surface area contributed by atoms with Crippen LogP contribution in [0.5, 0.6) is 0 Å². The first-order valence-corrected chi connectivity index (χ1v) is 19.6.